The Hall–Kier alpha value is -2.90. The lowest BCUT2D eigenvalue weighted by Gasteiger charge is -2.53. The number of hydrogen-bond donors (Lipinski definition) is 2. The number of ether oxygens (including phenoxy) is 1. The van der Waals surface area contributed by atoms with E-state index < -0.39 is 11.4 Å². The highest BCUT2D eigenvalue weighted by Gasteiger charge is 2.47. The molecule has 2 aliphatic carbocycles. The number of carbonyl (C=O) groups is 2. The minimum Gasteiger partial charge on any atom is -0.485 e. The summed E-state index contributed by atoms with van der Waals surface area (Å²) in [7, 11) is 0. The summed E-state index contributed by atoms with van der Waals surface area (Å²) in [6, 6.07) is 10.6. The number of likely N-dealkylation sites (tertiary alicyclic amines) is 1. The van der Waals surface area contributed by atoms with Crippen molar-refractivity contribution in [1.82, 2.24) is 14.7 Å². The van der Waals surface area contributed by atoms with E-state index >= 15 is 0 Å². The fraction of sp³-hybridized carbons (Fsp3) is 0.538. The van der Waals surface area contributed by atoms with Crippen molar-refractivity contribution >= 4 is 33.6 Å². The zero-order valence-corrected chi connectivity index (χ0v) is 22.0. The number of aromatic nitrogens is 2. The minimum absolute atomic E-state index is 0.0191. The molecular formula is C26H31BrN6O3. The number of amides is 2. The third-order valence-electron chi connectivity index (χ3n) is 7.72. The summed E-state index contributed by atoms with van der Waals surface area (Å²) < 4.78 is 8.99. The quantitative estimate of drug-likeness (QED) is 0.511. The molecule has 10 heteroatoms. The molecule has 190 valence electrons. The molecule has 1 aliphatic heterocycles. The van der Waals surface area contributed by atoms with Gasteiger partial charge >= 0.3 is 0 Å². The van der Waals surface area contributed by atoms with Crippen molar-refractivity contribution in [2.75, 3.05) is 18.4 Å². The molecule has 1 aromatic carbocycles. The average molecular weight is 555 g/mol. The summed E-state index contributed by atoms with van der Waals surface area (Å²) in [6.07, 6.45) is 6.90. The zero-order chi connectivity index (χ0) is 25.5. The third-order valence-corrected chi connectivity index (χ3v) is 8.25. The summed E-state index contributed by atoms with van der Waals surface area (Å²) in [5.41, 5.74) is 5.03. The Bertz CT molecular complexity index is 1190. The Morgan fingerprint density at radius 3 is 2.47 bits per heavy atom. The summed E-state index contributed by atoms with van der Waals surface area (Å²) in [5.74, 6) is 0.271. The first-order valence-electron chi connectivity index (χ1n) is 12.5. The Kier molecular flexibility index (Phi) is 6.55. The van der Waals surface area contributed by atoms with Crippen LogP contribution in [0.1, 0.15) is 62.2 Å². The number of halogens is 1. The van der Waals surface area contributed by atoms with E-state index in [1.54, 1.807) is 10.9 Å². The van der Waals surface area contributed by atoms with Crippen LogP contribution < -0.4 is 15.8 Å². The Balaban J connectivity index is 1.24. The molecule has 0 bridgehead atoms. The van der Waals surface area contributed by atoms with Crippen LogP contribution in [0, 0.1) is 17.2 Å². The molecule has 2 amide bonds. The van der Waals surface area contributed by atoms with E-state index in [1.807, 2.05) is 24.3 Å². The van der Waals surface area contributed by atoms with Gasteiger partial charge in [-0.25, -0.2) is 0 Å². The number of anilines is 1. The highest BCUT2D eigenvalue weighted by atomic mass is 79.9. The van der Waals surface area contributed by atoms with Gasteiger partial charge in [0.25, 0.3) is 5.91 Å². The van der Waals surface area contributed by atoms with Crippen molar-refractivity contribution in [3.63, 3.8) is 0 Å². The molecule has 3 aliphatic rings. The minimum atomic E-state index is -0.640. The van der Waals surface area contributed by atoms with Gasteiger partial charge in [0.1, 0.15) is 16.9 Å². The van der Waals surface area contributed by atoms with E-state index in [0.29, 0.717) is 6.04 Å². The molecule has 2 saturated carbocycles. The van der Waals surface area contributed by atoms with Gasteiger partial charge < -0.3 is 15.8 Å². The van der Waals surface area contributed by atoms with Crippen LogP contribution in [0.5, 0.6) is 5.75 Å². The molecule has 0 atom stereocenters. The lowest BCUT2D eigenvalue weighted by molar-refractivity contribution is -0.117. The molecule has 3 N–H and O–H groups in total. The fourth-order valence-electron chi connectivity index (χ4n) is 5.52. The number of primary amides is 1. The first-order chi connectivity index (χ1) is 17.2. The summed E-state index contributed by atoms with van der Waals surface area (Å²) >= 11 is 3.45. The van der Waals surface area contributed by atoms with Crippen LogP contribution in [0.2, 0.25) is 0 Å². The zero-order valence-electron chi connectivity index (χ0n) is 20.4. The monoisotopic (exact) mass is 554 g/mol. The smallest absolute Gasteiger partial charge is 0.254 e. The van der Waals surface area contributed by atoms with Crippen molar-refractivity contribution in [2.24, 2.45) is 11.7 Å². The second kappa shape index (κ2) is 9.52. The Morgan fingerprint density at radius 2 is 1.89 bits per heavy atom. The van der Waals surface area contributed by atoms with E-state index in [9.17, 15) is 14.9 Å². The normalized spacial score (nSPS) is 25.4. The maximum atomic E-state index is 12.3. The number of nitrogens with two attached hydrogens (primary N) is 1. The average Bonchev–Trinajstić information content (AvgIpc) is 3.59. The van der Waals surface area contributed by atoms with Crippen molar-refractivity contribution in [3.05, 3.63) is 40.5 Å². The molecule has 2 aromatic rings. The Labute approximate surface area is 219 Å². The predicted octanol–water partition coefficient (Wildman–Crippen LogP) is 3.80. The van der Waals surface area contributed by atoms with Crippen LogP contribution >= 0.6 is 15.9 Å². The van der Waals surface area contributed by atoms with Crippen LogP contribution in [-0.2, 0) is 10.3 Å². The van der Waals surface area contributed by atoms with Gasteiger partial charge in [-0.15, -0.1) is 0 Å². The number of benzene rings is 1. The molecule has 5 rings (SSSR count). The molecule has 0 radical (unpaired) electrons. The van der Waals surface area contributed by atoms with Gasteiger partial charge in [0.05, 0.1) is 18.0 Å². The van der Waals surface area contributed by atoms with Gasteiger partial charge in [0.15, 0.2) is 5.82 Å². The number of hydrogen-bond acceptors (Lipinski definition) is 6. The summed E-state index contributed by atoms with van der Waals surface area (Å²) in [6.45, 7) is 3.84. The van der Waals surface area contributed by atoms with Crippen molar-refractivity contribution < 1.29 is 14.3 Å². The van der Waals surface area contributed by atoms with Gasteiger partial charge in [0, 0.05) is 35.7 Å². The van der Waals surface area contributed by atoms with Crippen molar-refractivity contribution in [2.45, 2.75) is 69.1 Å². The van der Waals surface area contributed by atoms with Crippen LogP contribution in [0.15, 0.2) is 34.9 Å². The number of carbonyl (C=O) groups excluding carboxylic acids is 2. The molecule has 9 nitrogen and oxygen atoms in total. The largest absolute Gasteiger partial charge is 0.485 e. The lowest BCUT2D eigenvalue weighted by atomic mass is 9.76. The number of nitrogens with one attached hydrogen (secondary N) is 1. The van der Waals surface area contributed by atoms with Gasteiger partial charge in [-0.1, -0.05) is 15.9 Å². The maximum Gasteiger partial charge on any atom is 0.254 e. The standard InChI is InChI=1S/C26H31BrN6O3/c1-25(36-20-6-4-18(27)5-7-20)15-32(16-25)19-8-10-26(11-9-19,12-13-28)33-14-21(22(29)34)23(31-33)30-24(35)17-2-3-17/h4-7,14,17,19H,2-3,8-12,15-16H2,1H3,(H2,29,34)(H,30,31,35). The highest BCUT2D eigenvalue weighted by Crippen LogP contribution is 2.42. The second-order valence-electron chi connectivity index (χ2n) is 10.7. The van der Waals surface area contributed by atoms with Gasteiger partial charge in [-0.2, -0.15) is 10.4 Å². The SMILES string of the molecule is CC1(Oc2ccc(Br)cc2)CN(C2CCC(CC#N)(n3cc(C(N)=O)c(NC(=O)C4CC4)n3)CC2)C1. The molecule has 2 heterocycles. The van der Waals surface area contributed by atoms with E-state index in [0.717, 1.165) is 61.8 Å². The van der Waals surface area contributed by atoms with E-state index in [2.05, 4.69) is 44.2 Å². The summed E-state index contributed by atoms with van der Waals surface area (Å²) in [4.78, 5) is 26.8. The third kappa shape index (κ3) is 5.00. The molecule has 3 fully saturated rings. The molecule has 0 unspecified atom stereocenters. The van der Waals surface area contributed by atoms with E-state index in [-0.39, 0.29) is 35.2 Å². The first-order valence-corrected chi connectivity index (χ1v) is 13.3. The van der Waals surface area contributed by atoms with E-state index in [4.69, 9.17) is 10.5 Å². The molecular weight excluding hydrogens is 524 g/mol. The number of nitrogens with zero attached hydrogens (tertiary/aromatic N) is 4. The molecule has 1 aromatic heterocycles. The second-order valence-corrected chi connectivity index (χ2v) is 11.6. The van der Waals surface area contributed by atoms with Gasteiger partial charge in [0.2, 0.25) is 5.91 Å². The van der Waals surface area contributed by atoms with Gasteiger partial charge in [-0.3, -0.25) is 19.2 Å². The number of rotatable bonds is 8. The van der Waals surface area contributed by atoms with Crippen molar-refractivity contribution in [3.8, 4) is 11.8 Å². The predicted molar refractivity (Wildman–Crippen MR) is 137 cm³/mol. The number of nitriles is 1. The van der Waals surface area contributed by atoms with Crippen LogP contribution in [0.3, 0.4) is 0 Å². The van der Waals surface area contributed by atoms with E-state index in [1.165, 1.54) is 0 Å². The molecule has 1 saturated heterocycles. The van der Waals surface area contributed by atoms with Crippen LogP contribution in [-0.4, -0.2) is 51.2 Å². The van der Waals surface area contributed by atoms with Crippen LogP contribution in [0.25, 0.3) is 0 Å². The molecule has 0 spiro atoms. The lowest BCUT2D eigenvalue weighted by Crippen LogP contribution is -2.66. The first kappa shape index (κ1) is 24.8. The highest BCUT2D eigenvalue weighted by molar-refractivity contribution is 9.10. The Morgan fingerprint density at radius 1 is 1.22 bits per heavy atom. The summed E-state index contributed by atoms with van der Waals surface area (Å²) in [5, 5.41) is 17.0. The maximum absolute atomic E-state index is 12.3. The molecule has 36 heavy (non-hydrogen) atoms. The van der Waals surface area contributed by atoms with Crippen molar-refractivity contribution in [1.29, 1.82) is 5.26 Å². The fourth-order valence-corrected chi connectivity index (χ4v) is 5.78. The van der Waals surface area contributed by atoms with Gasteiger partial charge in [-0.05, 0) is 69.7 Å². The topological polar surface area (TPSA) is 126 Å². The van der Waals surface area contributed by atoms with Crippen LogP contribution in [0.4, 0.5) is 5.82 Å².